The van der Waals surface area contributed by atoms with Crippen LogP contribution in [0.5, 0.6) is 0 Å². The Labute approximate surface area is 110 Å². The number of rotatable bonds is 4. The molecule has 2 rings (SSSR count). The molecule has 0 saturated carbocycles. The number of hydrogen-bond acceptors (Lipinski definition) is 6. The molecular formula is C11H14N4O3S. The summed E-state index contributed by atoms with van der Waals surface area (Å²) in [6.45, 7) is 3.38. The molecule has 0 aliphatic heterocycles. The minimum atomic E-state index is -3.68. The summed E-state index contributed by atoms with van der Waals surface area (Å²) in [6, 6.07) is 2.24. The van der Waals surface area contributed by atoms with Crippen LogP contribution in [-0.2, 0) is 10.0 Å². The molecule has 2 aromatic heterocycles. The number of anilines is 1. The third-order valence-electron chi connectivity index (χ3n) is 2.41. The van der Waals surface area contributed by atoms with Crippen LogP contribution in [0, 0.1) is 6.92 Å². The van der Waals surface area contributed by atoms with Crippen molar-refractivity contribution in [2.24, 2.45) is 0 Å². The summed E-state index contributed by atoms with van der Waals surface area (Å²) >= 11 is 0. The molecule has 0 radical (unpaired) electrons. The van der Waals surface area contributed by atoms with Crippen LogP contribution in [0.3, 0.4) is 0 Å². The lowest BCUT2D eigenvalue weighted by Crippen LogP contribution is -2.27. The van der Waals surface area contributed by atoms with Crippen molar-refractivity contribution in [3.8, 4) is 0 Å². The van der Waals surface area contributed by atoms with Gasteiger partial charge in [0.2, 0.25) is 15.9 Å². The lowest BCUT2D eigenvalue weighted by atomic mass is 10.4. The van der Waals surface area contributed by atoms with E-state index in [1.54, 1.807) is 13.8 Å². The molecule has 7 nitrogen and oxygen atoms in total. The van der Waals surface area contributed by atoms with Gasteiger partial charge in [0.15, 0.2) is 0 Å². The van der Waals surface area contributed by atoms with E-state index in [2.05, 4.69) is 14.7 Å². The van der Waals surface area contributed by atoms with Gasteiger partial charge in [-0.15, -0.1) is 0 Å². The van der Waals surface area contributed by atoms with Gasteiger partial charge in [0.1, 0.15) is 16.5 Å². The van der Waals surface area contributed by atoms with Crippen molar-refractivity contribution in [3.63, 3.8) is 0 Å². The van der Waals surface area contributed by atoms with Gasteiger partial charge >= 0.3 is 0 Å². The van der Waals surface area contributed by atoms with Gasteiger partial charge in [-0.25, -0.2) is 18.4 Å². The van der Waals surface area contributed by atoms with Crippen LogP contribution in [-0.4, -0.2) is 18.4 Å². The fourth-order valence-corrected chi connectivity index (χ4v) is 2.62. The number of aryl methyl sites for hydroxylation is 1. The number of pyridine rings is 1. The zero-order valence-corrected chi connectivity index (χ0v) is 11.3. The molecule has 0 spiro atoms. The van der Waals surface area contributed by atoms with E-state index in [-0.39, 0.29) is 10.7 Å². The molecule has 0 saturated heterocycles. The largest absolute Gasteiger partial charge is 0.444 e. The van der Waals surface area contributed by atoms with Gasteiger partial charge in [0.25, 0.3) is 0 Å². The molecule has 3 N–H and O–H groups in total. The highest BCUT2D eigenvalue weighted by atomic mass is 32.2. The number of oxazole rings is 1. The predicted molar refractivity (Wildman–Crippen MR) is 68.6 cm³/mol. The van der Waals surface area contributed by atoms with Gasteiger partial charge in [-0.2, -0.15) is 4.72 Å². The summed E-state index contributed by atoms with van der Waals surface area (Å²) < 4.78 is 31.9. The molecule has 0 bridgehead atoms. The Kier molecular flexibility index (Phi) is 3.54. The van der Waals surface area contributed by atoms with E-state index in [4.69, 9.17) is 10.2 Å². The summed E-state index contributed by atoms with van der Waals surface area (Å²) in [7, 11) is -3.68. The molecule has 0 aliphatic carbocycles. The summed E-state index contributed by atoms with van der Waals surface area (Å²) in [4.78, 5) is 7.77. The maximum absolute atomic E-state index is 12.1. The highest BCUT2D eigenvalue weighted by Gasteiger charge is 2.21. The average Bonchev–Trinajstić information content (AvgIpc) is 2.76. The summed E-state index contributed by atoms with van der Waals surface area (Å²) in [6.07, 6.45) is 2.73. The first-order valence-corrected chi connectivity index (χ1v) is 7.03. The first-order valence-electron chi connectivity index (χ1n) is 5.54. The second kappa shape index (κ2) is 4.98. The maximum atomic E-state index is 12.1. The van der Waals surface area contributed by atoms with Gasteiger partial charge in [0, 0.05) is 6.20 Å². The molecule has 0 aromatic carbocycles. The van der Waals surface area contributed by atoms with Crippen LogP contribution in [0.2, 0.25) is 0 Å². The minimum absolute atomic E-state index is 0.0387. The van der Waals surface area contributed by atoms with E-state index in [9.17, 15) is 8.42 Å². The second-order valence-electron chi connectivity index (χ2n) is 4.07. The number of nitrogen functional groups attached to an aromatic ring is 1. The zero-order chi connectivity index (χ0) is 14.0. The van der Waals surface area contributed by atoms with Crippen molar-refractivity contribution in [1.82, 2.24) is 14.7 Å². The summed E-state index contributed by atoms with van der Waals surface area (Å²) in [5, 5.41) is 0. The molecule has 2 aromatic rings. The molecule has 0 amide bonds. The molecule has 2 heterocycles. The van der Waals surface area contributed by atoms with Crippen molar-refractivity contribution < 1.29 is 12.8 Å². The zero-order valence-electron chi connectivity index (χ0n) is 10.5. The van der Waals surface area contributed by atoms with E-state index < -0.39 is 16.1 Å². The molecule has 102 valence electrons. The van der Waals surface area contributed by atoms with Crippen molar-refractivity contribution in [2.75, 3.05) is 5.73 Å². The monoisotopic (exact) mass is 282 g/mol. The number of nitrogens with zero attached hydrogens (tertiary/aromatic N) is 2. The standard InChI is InChI=1S/C11H14N4O3S/c1-7-5-14-11(18-7)8(2)15-19(16,17)9-3-4-10(12)13-6-9/h3-6,8,15H,1-2H3,(H2,12,13). The van der Waals surface area contributed by atoms with Crippen LogP contribution < -0.4 is 10.5 Å². The Balaban J connectivity index is 2.19. The molecule has 1 atom stereocenters. The van der Waals surface area contributed by atoms with Gasteiger partial charge in [0.05, 0.1) is 12.2 Å². The lowest BCUT2D eigenvalue weighted by Gasteiger charge is -2.11. The number of nitrogens with two attached hydrogens (primary N) is 1. The Morgan fingerprint density at radius 3 is 2.58 bits per heavy atom. The van der Waals surface area contributed by atoms with Gasteiger partial charge < -0.3 is 10.2 Å². The quantitative estimate of drug-likeness (QED) is 0.865. The average molecular weight is 282 g/mol. The number of aromatic nitrogens is 2. The van der Waals surface area contributed by atoms with Crippen LogP contribution >= 0.6 is 0 Å². The van der Waals surface area contributed by atoms with E-state index >= 15 is 0 Å². The summed E-state index contributed by atoms with van der Waals surface area (Å²) in [5.41, 5.74) is 5.41. The number of nitrogens with one attached hydrogen (secondary N) is 1. The molecule has 19 heavy (non-hydrogen) atoms. The molecule has 1 unspecified atom stereocenters. The smallest absolute Gasteiger partial charge is 0.242 e. The Hall–Kier alpha value is -1.93. The van der Waals surface area contributed by atoms with E-state index in [1.165, 1.54) is 24.5 Å². The van der Waals surface area contributed by atoms with Crippen LogP contribution in [0.1, 0.15) is 24.6 Å². The third-order valence-corrected chi connectivity index (χ3v) is 3.94. The normalized spacial score (nSPS) is 13.4. The van der Waals surface area contributed by atoms with E-state index in [0.717, 1.165) is 0 Å². The van der Waals surface area contributed by atoms with Crippen LogP contribution in [0.15, 0.2) is 33.8 Å². The van der Waals surface area contributed by atoms with Crippen LogP contribution in [0.4, 0.5) is 5.82 Å². The van der Waals surface area contributed by atoms with Crippen LogP contribution in [0.25, 0.3) is 0 Å². The van der Waals surface area contributed by atoms with Gasteiger partial charge in [-0.3, -0.25) is 0 Å². The molecule has 0 fully saturated rings. The number of hydrogen-bond donors (Lipinski definition) is 2. The number of sulfonamides is 1. The first kappa shape index (κ1) is 13.5. The van der Waals surface area contributed by atoms with Crippen molar-refractivity contribution in [1.29, 1.82) is 0 Å². The topological polar surface area (TPSA) is 111 Å². The molecule has 0 aliphatic rings. The van der Waals surface area contributed by atoms with Gasteiger partial charge in [-0.1, -0.05) is 0 Å². The van der Waals surface area contributed by atoms with Gasteiger partial charge in [-0.05, 0) is 26.0 Å². The highest BCUT2D eigenvalue weighted by Crippen LogP contribution is 2.16. The van der Waals surface area contributed by atoms with Crippen molar-refractivity contribution in [3.05, 3.63) is 36.2 Å². The molecule has 8 heteroatoms. The minimum Gasteiger partial charge on any atom is -0.444 e. The van der Waals surface area contributed by atoms with Crippen molar-refractivity contribution >= 4 is 15.8 Å². The fourth-order valence-electron chi connectivity index (χ4n) is 1.47. The summed E-state index contributed by atoms with van der Waals surface area (Å²) in [5.74, 6) is 1.19. The first-order chi connectivity index (χ1) is 8.88. The third kappa shape index (κ3) is 3.09. The Morgan fingerprint density at radius 1 is 1.32 bits per heavy atom. The van der Waals surface area contributed by atoms with E-state index in [1.807, 2.05) is 0 Å². The van der Waals surface area contributed by atoms with Crippen molar-refractivity contribution in [2.45, 2.75) is 24.8 Å². The predicted octanol–water partition coefficient (Wildman–Crippen LogP) is 1.000. The lowest BCUT2D eigenvalue weighted by molar-refractivity contribution is 0.428. The Bertz CT molecular complexity index is 664. The second-order valence-corrected chi connectivity index (χ2v) is 5.78. The SMILES string of the molecule is Cc1cnc(C(C)NS(=O)(=O)c2ccc(N)nc2)o1. The van der Waals surface area contributed by atoms with E-state index in [0.29, 0.717) is 11.7 Å². The fraction of sp³-hybridized carbons (Fsp3) is 0.273. The highest BCUT2D eigenvalue weighted by molar-refractivity contribution is 7.89. The maximum Gasteiger partial charge on any atom is 0.242 e. The Morgan fingerprint density at radius 2 is 2.05 bits per heavy atom. The molecular weight excluding hydrogens is 268 g/mol.